The number of amides is 2. The normalized spacial score (nSPS) is 19.0. The zero-order valence-corrected chi connectivity index (χ0v) is 15.6. The van der Waals surface area contributed by atoms with E-state index in [1.165, 1.54) is 13.4 Å². The maximum atomic E-state index is 12.3. The van der Waals surface area contributed by atoms with Crippen LogP contribution in [0.4, 0.5) is 0 Å². The number of carbonyl (C=O) groups excluding carboxylic acids is 3. The lowest BCUT2D eigenvalue weighted by atomic mass is 9.90. The first-order chi connectivity index (χ1) is 13.6. The van der Waals surface area contributed by atoms with Crippen molar-refractivity contribution in [2.75, 3.05) is 13.7 Å². The van der Waals surface area contributed by atoms with Crippen LogP contribution in [0.3, 0.4) is 0 Å². The van der Waals surface area contributed by atoms with Gasteiger partial charge in [0.15, 0.2) is 11.5 Å². The van der Waals surface area contributed by atoms with Crippen LogP contribution >= 0.6 is 0 Å². The first-order valence-corrected chi connectivity index (χ1v) is 9.19. The Hall–Kier alpha value is -3.17. The first-order valence-electron chi connectivity index (χ1n) is 9.19. The van der Waals surface area contributed by atoms with Crippen LogP contribution in [-0.2, 0) is 9.53 Å². The summed E-state index contributed by atoms with van der Waals surface area (Å²) in [4.78, 5) is 35.7. The smallest absolute Gasteiger partial charge is 0.360 e. The van der Waals surface area contributed by atoms with Crippen LogP contribution in [0.5, 0.6) is 0 Å². The van der Waals surface area contributed by atoms with E-state index in [2.05, 4.69) is 25.7 Å². The van der Waals surface area contributed by atoms with Crippen LogP contribution in [0, 0.1) is 0 Å². The van der Waals surface area contributed by atoms with Crippen molar-refractivity contribution in [1.29, 1.82) is 0 Å². The van der Waals surface area contributed by atoms with Crippen molar-refractivity contribution in [1.82, 2.24) is 25.6 Å². The molecule has 2 aromatic rings. The van der Waals surface area contributed by atoms with Crippen molar-refractivity contribution < 1.29 is 23.5 Å². The predicted molar refractivity (Wildman–Crippen MR) is 96.5 cm³/mol. The molecule has 1 aliphatic rings. The summed E-state index contributed by atoms with van der Waals surface area (Å²) in [6.07, 6.45) is 6.75. The largest absolute Gasteiger partial charge is 0.464 e. The van der Waals surface area contributed by atoms with E-state index in [4.69, 9.17) is 4.42 Å². The summed E-state index contributed by atoms with van der Waals surface area (Å²) in [6.45, 7) is 0.207. The Morgan fingerprint density at radius 3 is 2.89 bits per heavy atom. The van der Waals surface area contributed by atoms with Gasteiger partial charge in [0.25, 0.3) is 5.91 Å². The van der Waals surface area contributed by atoms with E-state index in [0.29, 0.717) is 0 Å². The highest BCUT2D eigenvalue weighted by Gasteiger charge is 2.29. The van der Waals surface area contributed by atoms with Gasteiger partial charge >= 0.3 is 5.97 Å². The summed E-state index contributed by atoms with van der Waals surface area (Å²) in [5.41, 5.74) is 0.138. The molecule has 0 bridgehead atoms. The minimum absolute atomic E-state index is 0.0821. The van der Waals surface area contributed by atoms with E-state index >= 15 is 0 Å². The van der Waals surface area contributed by atoms with Crippen LogP contribution in [0.2, 0.25) is 0 Å². The molecule has 2 N–H and O–H groups in total. The summed E-state index contributed by atoms with van der Waals surface area (Å²) in [6, 6.07) is 2.99. The van der Waals surface area contributed by atoms with Crippen molar-refractivity contribution in [3.05, 3.63) is 36.0 Å². The summed E-state index contributed by atoms with van der Waals surface area (Å²) in [5.74, 6) is -0.855. The fourth-order valence-electron chi connectivity index (χ4n) is 3.30. The molecular weight excluding hydrogens is 366 g/mol. The molecule has 1 aliphatic carbocycles. The Kier molecular flexibility index (Phi) is 6.41. The number of ether oxygens (including phenoxy) is 1. The van der Waals surface area contributed by atoms with Gasteiger partial charge in [0.1, 0.15) is 0 Å². The lowest BCUT2D eigenvalue weighted by molar-refractivity contribution is -0.122. The topological polar surface area (TPSA) is 128 Å². The molecule has 10 heteroatoms. The SMILES string of the molecule is COC(=O)c1cn([C@@H]2CCCC[C@@H]2NC(=O)CCNC(=O)c2ccco2)nn1. The van der Waals surface area contributed by atoms with E-state index in [1.54, 1.807) is 23.0 Å². The maximum Gasteiger partial charge on any atom is 0.360 e. The molecule has 2 heterocycles. The fourth-order valence-corrected chi connectivity index (χ4v) is 3.30. The number of hydrogen-bond acceptors (Lipinski definition) is 7. The van der Waals surface area contributed by atoms with Gasteiger partial charge in [-0.15, -0.1) is 5.10 Å². The molecule has 1 fully saturated rings. The van der Waals surface area contributed by atoms with Crippen molar-refractivity contribution in [3.8, 4) is 0 Å². The van der Waals surface area contributed by atoms with Gasteiger partial charge in [-0.05, 0) is 25.0 Å². The van der Waals surface area contributed by atoms with E-state index in [9.17, 15) is 14.4 Å². The van der Waals surface area contributed by atoms with Gasteiger partial charge in [0, 0.05) is 13.0 Å². The van der Waals surface area contributed by atoms with Gasteiger partial charge in [-0.25, -0.2) is 9.48 Å². The highest BCUT2D eigenvalue weighted by Crippen LogP contribution is 2.28. The standard InChI is InChI=1S/C18H23N5O5/c1-27-18(26)13-11-23(22-21-13)14-6-3-2-5-12(14)20-16(24)8-9-19-17(25)15-7-4-10-28-15/h4,7,10-12,14H,2-3,5-6,8-9H2,1H3,(H,19,25)(H,20,24)/t12-,14+/m0/s1. The van der Waals surface area contributed by atoms with Gasteiger partial charge in [-0.2, -0.15) is 0 Å². The fraction of sp³-hybridized carbons (Fsp3) is 0.500. The van der Waals surface area contributed by atoms with Gasteiger partial charge in [-0.1, -0.05) is 18.1 Å². The number of aromatic nitrogens is 3. The maximum absolute atomic E-state index is 12.3. The van der Waals surface area contributed by atoms with Crippen LogP contribution in [0.15, 0.2) is 29.0 Å². The summed E-state index contributed by atoms with van der Waals surface area (Å²) in [5, 5.41) is 13.5. The zero-order valence-electron chi connectivity index (χ0n) is 15.6. The molecule has 3 rings (SSSR count). The first kappa shape index (κ1) is 19.6. The third-order valence-electron chi connectivity index (χ3n) is 4.70. The van der Waals surface area contributed by atoms with E-state index in [-0.39, 0.29) is 48.3 Å². The minimum atomic E-state index is -0.546. The molecule has 2 amide bonds. The minimum Gasteiger partial charge on any atom is -0.464 e. The van der Waals surface area contributed by atoms with Crippen molar-refractivity contribution in [2.24, 2.45) is 0 Å². The molecule has 0 radical (unpaired) electrons. The second-order valence-electron chi connectivity index (χ2n) is 6.58. The quantitative estimate of drug-likeness (QED) is 0.678. The number of carbonyl (C=O) groups is 3. The molecule has 0 spiro atoms. The molecule has 1 saturated carbocycles. The van der Waals surface area contributed by atoms with E-state index in [0.717, 1.165) is 25.7 Å². The van der Waals surface area contributed by atoms with E-state index in [1.807, 2.05) is 0 Å². The van der Waals surface area contributed by atoms with Gasteiger partial charge in [0.2, 0.25) is 5.91 Å². The zero-order chi connectivity index (χ0) is 19.9. The Balaban J connectivity index is 1.52. The van der Waals surface area contributed by atoms with Gasteiger partial charge < -0.3 is 19.8 Å². The number of methoxy groups -OCH3 is 1. The molecule has 10 nitrogen and oxygen atoms in total. The van der Waals surface area contributed by atoms with Crippen LogP contribution in [0.25, 0.3) is 0 Å². The van der Waals surface area contributed by atoms with Crippen LogP contribution in [-0.4, -0.2) is 52.5 Å². The summed E-state index contributed by atoms with van der Waals surface area (Å²) in [7, 11) is 1.29. The van der Waals surface area contributed by atoms with Crippen LogP contribution in [0.1, 0.15) is 59.2 Å². The molecule has 0 saturated heterocycles. The predicted octanol–water partition coefficient (Wildman–Crippen LogP) is 1.08. The number of hydrogen-bond donors (Lipinski definition) is 2. The monoisotopic (exact) mass is 389 g/mol. The van der Waals surface area contributed by atoms with Gasteiger partial charge in [0.05, 0.1) is 31.7 Å². The number of nitrogens with one attached hydrogen (secondary N) is 2. The Morgan fingerprint density at radius 1 is 1.32 bits per heavy atom. The molecule has 0 aliphatic heterocycles. The molecule has 0 aromatic carbocycles. The summed E-state index contributed by atoms with van der Waals surface area (Å²) < 4.78 is 11.3. The molecule has 0 unspecified atom stereocenters. The molecule has 2 aromatic heterocycles. The second-order valence-corrected chi connectivity index (χ2v) is 6.58. The average molecular weight is 389 g/mol. The highest BCUT2D eigenvalue weighted by atomic mass is 16.5. The van der Waals surface area contributed by atoms with Crippen molar-refractivity contribution in [2.45, 2.75) is 44.2 Å². The second kappa shape index (κ2) is 9.16. The van der Waals surface area contributed by atoms with Crippen LogP contribution < -0.4 is 10.6 Å². The molecule has 2 atom stereocenters. The summed E-state index contributed by atoms with van der Waals surface area (Å²) >= 11 is 0. The number of rotatable bonds is 7. The lowest BCUT2D eigenvalue weighted by Crippen LogP contribution is -2.44. The Morgan fingerprint density at radius 2 is 2.14 bits per heavy atom. The van der Waals surface area contributed by atoms with Crippen molar-refractivity contribution in [3.63, 3.8) is 0 Å². The Bertz CT molecular complexity index is 816. The Labute approximate surface area is 161 Å². The molecular formula is C18H23N5O5. The molecule has 150 valence electrons. The average Bonchev–Trinajstić information content (AvgIpc) is 3.40. The molecule has 28 heavy (non-hydrogen) atoms. The third-order valence-corrected chi connectivity index (χ3v) is 4.70. The van der Waals surface area contributed by atoms with Crippen molar-refractivity contribution >= 4 is 17.8 Å². The number of esters is 1. The lowest BCUT2D eigenvalue weighted by Gasteiger charge is -2.32. The third kappa shape index (κ3) is 4.76. The van der Waals surface area contributed by atoms with Gasteiger partial charge in [-0.3, -0.25) is 9.59 Å². The van der Waals surface area contributed by atoms with E-state index < -0.39 is 5.97 Å². The number of nitrogens with zero attached hydrogens (tertiary/aromatic N) is 3. The number of furan rings is 1. The highest BCUT2D eigenvalue weighted by molar-refractivity contribution is 5.91.